The number of halogens is 2. The summed E-state index contributed by atoms with van der Waals surface area (Å²) in [4.78, 5) is 11.7. The van der Waals surface area contributed by atoms with Crippen LogP contribution in [0.15, 0.2) is 30.3 Å². The van der Waals surface area contributed by atoms with Crippen molar-refractivity contribution in [1.82, 2.24) is 5.32 Å². The Kier molecular flexibility index (Phi) is 5.37. The molecule has 1 aromatic carbocycles. The lowest BCUT2D eigenvalue weighted by atomic mass is 10.2. The quantitative estimate of drug-likeness (QED) is 0.488. The number of benzene rings is 1. The van der Waals surface area contributed by atoms with Gasteiger partial charge in [-0.15, -0.1) is 11.3 Å². The Hall–Kier alpha value is -1.14. The normalized spacial score (nSPS) is 10.7. The van der Waals surface area contributed by atoms with E-state index in [0.29, 0.717) is 23.7 Å². The summed E-state index contributed by atoms with van der Waals surface area (Å²) < 4.78 is 0.766. The molecule has 0 aliphatic rings. The number of nitro groups is 1. The minimum atomic E-state index is -0.415. The Morgan fingerprint density at radius 1 is 1.25 bits per heavy atom. The number of nitrogens with one attached hydrogen (secondary N) is 1. The molecule has 0 aliphatic heterocycles. The topological polar surface area (TPSA) is 55.2 Å². The molecule has 7 heteroatoms. The van der Waals surface area contributed by atoms with E-state index in [2.05, 4.69) is 5.32 Å². The fraction of sp³-hybridized carbons (Fsp3) is 0.231. The predicted octanol–water partition coefficient (Wildman–Crippen LogP) is 4.30. The first-order valence-corrected chi connectivity index (χ1v) is 7.52. The van der Waals surface area contributed by atoms with Crippen LogP contribution in [0.1, 0.15) is 10.4 Å². The van der Waals surface area contributed by atoms with Gasteiger partial charge >= 0.3 is 0 Å². The van der Waals surface area contributed by atoms with Crippen LogP contribution in [-0.2, 0) is 13.0 Å². The second kappa shape index (κ2) is 7.04. The van der Waals surface area contributed by atoms with Crippen molar-refractivity contribution < 1.29 is 4.92 Å². The van der Waals surface area contributed by atoms with Crippen molar-refractivity contribution in [3.05, 3.63) is 60.2 Å². The van der Waals surface area contributed by atoms with Crippen LogP contribution in [-0.4, -0.2) is 11.5 Å². The van der Waals surface area contributed by atoms with Crippen molar-refractivity contribution >= 4 is 40.2 Å². The van der Waals surface area contributed by atoms with E-state index in [-0.39, 0.29) is 5.69 Å². The van der Waals surface area contributed by atoms with E-state index in [1.54, 1.807) is 12.1 Å². The summed E-state index contributed by atoms with van der Waals surface area (Å²) in [6, 6.07) is 8.54. The Labute approximate surface area is 130 Å². The lowest BCUT2D eigenvalue weighted by Crippen LogP contribution is -2.17. The zero-order valence-corrected chi connectivity index (χ0v) is 12.8. The summed E-state index contributed by atoms with van der Waals surface area (Å²) in [6.45, 7) is 1.08. The summed E-state index contributed by atoms with van der Waals surface area (Å²) in [6.07, 6.45) is 0.829. The number of rotatable bonds is 6. The molecule has 0 fully saturated rings. The first-order chi connectivity index (χ1) is 9.58. The average Bonchev–Trinajstić information content (AvgIpc) is 2.81. The highest BCUT2D eigenvalue weighted by molar-refractivity contribution is 7.16. The van der Waals surface area contributed by atoms with Crippen molar-refractivity contribution in [3.8, 4) is 0 Å². The SMILES string of the molecule is O=[N+]([O-])c1cccc(Cl)c1CNCCc1ccc(Cl)s1. The molecule has 0 unspecified atom stereocenters. The molecule has 1 heterocycles. The van der Waals surface area contributed by atoms with Gasteiger partial charge in [0.2, 0.25) is 0 Å². The Morgan fingerprint density at radius 2 is 2.05 bits per heavy atom. The van der Waals surface area contributed by atoms with E-state index < -0.39 is 4.92 Å². The van der Waals surface area contributed by atoms with Gasteiger partial charge in [0.1, 0.15) is 0 Å². The Morgan fingerprint density at radius 3 is 2.70 bits per heavy atom. The first-order valence-electron chi connectivity index (χ1n) is 5.94. The number of hydrogen-bond acceptors (Lipinski definition) is 4. The molecule has 4 nitrogen and oxygen atoms in total. The lowest BCUT2D eigenvalue weighted by molar-refractivity contribution is -0.385. The van der Waals surface area contributed by atoms with E-state index in [0.717, 1.165) is 10.8 Å². The summed E-state index contributed by atoms with van der Waals surface area (Å²) in [5.41, 5.74) is 0.563. The second-order valence-electron chi connectivity index (χ2n) is 4.13. The zero-order valence-electron chi connectivity index (χ0n) is 10.4. The van der Waals surface area contributed by atoms with E-state index >= 15 is 0 Å². The molecular weight excluding hydrogens is 319 g/mol. The van der Waals surface area contributed by atoms with Gasteiger partial charge in [-0.1, -0.05) is 29.3 Å². The van der Waals surface area contributed by atoms with Crippen molar-refractivity contribution in [2.24, 2.45) is 0 Å². The van der Waals surface area contributed by atoms with Crippen LogP contribution in [0.25, 0.3) is 0 Å². The minimum Gasteiger partial charge on any atom is -0.312 e. The third-order valence-electron chi connectivity index (χ3n) is 2.77. The molecule has 20 heavy (non-hydrogen) atoms. The van der Waals surface area contributed by atoms with Gasteiger partial charge in [-0.3, -0.25) is 10.1 Å². The average molecular weight is 331 g/mol. The van der Waals surface area contributed by atoms with Crippen LogP contribution >= 0.6 is 34.5 Å². The van der Waals surface area contributed by atoms with Gasteiger partial charge in [-0.25, -0.2) is 0 Å². The molecule has 2 aromatic rings. The van der Waals surface area contributed by atoms with E-state index in [1.165, 1.54) is 22.3 Å². The minimum absolute atomic E-state index is 0.0455. The molecule has 0 atom stereocenters. The van der Waals surface area contributed by atoms with Crippen LogP contribution in [0.4, 0.5) is 5.69 Å². The molecule has 0 aliphatic carbocycles. The molecule has 0 radical (unpaired) electrons. The van der Waals surface area contributed by atoms with E-state index in [1.807, 2.05) is 12.1 Å². The number of nitro benzene ring substituents is 1. The van der Waals surface area contributed by atoms with E-state index in [9.17, 15) is 10.1 Å². The maximum absolute atomic E-state index is 10.9. The monoisotopic (exact) mass is 330 g/mol. The fourth-order valence-corrected chi connectivity index (χ4v) is 3.13. The highest BCUT2D eigenvalue weighted by atomic mass is 35.5. The third kappa shape index (κ3) is 3.93. The highest BCUT2D eigenvalue weighted by Crippen LogP contribution is 2.26. The first kappa shape index (κ1) is 15.3. The van der Waals surface area contributed by atoms with Gasteiger partial charge in [-0.05, 0) is 24.6 Å². The largest absolute Gasteiger partial charge is 0.312 e. The summed E-state index contributed by atoms with van der Waals surface area (Å²) in [5.74, 6) is 0. The fourth-order valence-electron chi connectivity index (χ4n) is 1.80. The molecule has 1 aromatic heterocycles. The maximum Gasteiger partial charge on any atom is 0.275 e. The molecule has 0 saturated carbocycles. The highest BCUT2D eigenvalue weighted by Gasteiger charge is 2.15. The molecule has 1 N–H and O–H groups in total. The molecule has 0 spiro atoms. The predicted molar refractivity (Wildman–Crippen MR) is 82.8 cm³/mol. The summed E-state index contributed by atoms with van der Waals surface area (Å²) >= 11 is 13.4. The maximum atomic E-state index is 10.9. The molecule has 0 bridgehead atoms. The van der Waals surface area contributed by atoms with Gasteiger partial charge in [-0.2, -0.15) is 0 Å². The molecular formula is C13H12Cl2N2O2S. The van der Waals surface area contributed by atoms with Crippen molar-refractivity contribution in [2.75, 3.05) is 6.54 Å². The van der Waals surface area contributed by atoms with Crippen LogP contribution in [0.2, 0.25) is 9.36 Å². The van der Waals surface area contributed by atoms with Crippen molar-refractivity contribution in [1.29, 1.82) is 0 Å². The van der Waals surface area contributed by atoms with Crippen LogP contribution < -0.4 is 5.32 Å². The lowest BCUT2D eigenvalue weighted by Gasteiger charge is -2.07. The van der Waals surface area contributed by atoms with Gasteiger partial charge in [0.15, 0.2) is 0 Å². The standard InChI is InChI=1S/C13H12Cl2N2O2S/c14-11-2-1-3-12(17(18)19)10(11)8-16-7-6-9-4-5-13(15)20-9/h1-5,16H,6-8H2. The molecule has 106 valence electrons. The van der Waals surface area contributed by atoms with Gasteiger partial charge in [0.25, 0.3) is 5.69 Å². The number of hydrogen-bond donors (Lipinski definition) is 1. The van der Waals surface area contributed by atoms with Gasteiger partial charge < -0.3 is 5.32 Å². The molecule has 0 amide bonds. The summed E-state index contributed by atoms with van der Waals surface area (Å²) in [5, 5.41) is 14.5. The van der Waals surface area contributed by atoms with Gasteiger partial charge in [0, 0.05) is 24.0 Å². The third-order valence-corrected chi connectivity index (χ3v) is 4.41. The number of nitrogens with zero attached hydrogens (tertiary/aromatic N) is 1. The smallest absolute Gasteiger partial charge is 0.275 e. The number of thiophene rings is 1. The van der Waals surface area contributed by atoms with E-state index in [4.69, 9.17) is 23.2 Å². The van der Waals surface area contributed by atoms with Crippen LogP contribution in [0.3, 0.4) is 0 Å². The zero-order chi connectivity index (χ0) is 14.5. The Bertz CT molecular complexity index is 616. The van der Waals surface area contributed by atoms with Crippen LogP contribution in [0, 0.1) is 10.1 Å². The second-order valence-corrected chi connectivity index (χ2v) is 6.33. The Balaban J connectivity index is 1.92. The molecule has 2 rings (SSSR count). The molecule has 0 saturated heterocycles. The van der Waals surface area contributed by atoms with Crippen LogP contribution in [0.5, 0.6) is 0 Å². The van der Waals surface area contributed by atoms with Gasteiger partial charge in [0.05, 0.1) is 19.8 Å². The van der Waals surface area contributed by atoms with Crippen molar-refractivity contribution in [3.63, 3.8) is 0 Å². The summed E-state index contributed by atoms with van der Waals surface area (Å²) in [7, 11) is 0. The van der Waals surface area contributed by atoms with Crippen molar-refractivity contribution in [2.45, 2.75) is 13.0 Å².